The lowest BCUT2D eigenvalue weighted by molar-refractivity contribution is -0.138. The molecule has 9 heteroatoms. The average Bonchev–Trinajstić information content (AvgIpc) is 2.70. The Morgan fingerprint density at radius 3 is 2.42 bits per heavy atom. The van der Waals surface area contributed by atoms with Crippen LogP contribution in [0.15, 0.2) is 41.2 Å². The highest BCUT2D eigenvalue weighted by Gasteiger charge is 2.34. The Hall–Kier alpha value is -3.75. The van der Waals surface area contributed by atoms with Gasteiger partial charge >= 0.3 is 5.97 Å². The maximum atomic E-state index is 13.1. The van der Waals surface area contributed by atoms with Crippen LogP contribution in [0.5, 0.6) is 0 Å². The summed E-state index contributed by atoms with van der Waals surface area (Å²) in [5.41, 5.74) is -0.170. The topological polar surface area (TPSA) is 135 Å². The van der Waals surface area contributed by atoms with Crippen LogP contribution in [-0.2, 0) is 22.6 Å². The minimum atomic E-state index is -1.22. The molecule has 0 saturated carbocycles. The van der Waals surface area contributed by atoms with Gasteiger partial charge in [-0.1, -0.05) is 32.0 Å². The minimum absolute atomic E-state index is 0.119. The van der Waals surface area contributed by atoms with Gasteiger partial charge < -0.3 is 20.3 Å². The number of Topliss-reactive ketones (excluding diaryl/α,β-unsaturated/α-hetero) is 1. The summed E-state index contributed by atoms with van der Waals surface area (Å²) in [6.45, 7) is 2.72. The first-order chi connectivity index (χ1) is 14.6. The number of benzene rings is 1. The zero-order chi connectivity index (χ0) is 22.8. The summed E-state index contributed by atoms with van der Waals surface area (Å²) in [5, 5.41) is 13.5. The number of anilines is 1. The third-order valence-corrected chi connectivity index (χ3v) is 5.01. The molecule has 3 rings (SSSR count). The molecular weight excluding hydrogens is 402 g/mol. The number of hydrogen-bond acceptors (Lipinski definition) is 5. The Morgan fingerprint density at radius 1 is 1.10 bits per heavy atom. The van der Waals surface area contributed by atoms with E-state index < -0.39 is 41.8 Å². The zero-order valence-electron chi connectivity index (χ0n) is 17.2. The highest BCUT2D eigenvalue weighted by molar-refractivity contribution is 6.05. The Balaban J connectivity index is 2.03. The number of carbonyl (C=O) groups is 4. The fourth-order valence-electron chi connectivity index (χ4n) is 3.59. The molecule has 1 aliphatic rings. The molecule has 0 spiro atoms. The van der Waals surface area contributed by atoms with Gasteiger partial charge in [0.25, 0.3) is 11.5 Å². The van der Waals surface area contributed by atoms with Gasteiger partial charge in [0.1, 0.15) is 18.8 Å². The summed E-state index contributed by atoms with van der Waals surface area (Å²) in [5.74, 6) is -2.62. The maximum Gasteiger partial charge on any atom is 0.322 e. The van der Waals surface area contributed by atoms with Gasteiger partial charge in [-0.3, -0.25) is 24.0 Å². The number of rotatable bonds is 6. The molecule has 0 radical (unpaired) electrons. The van der Waals surface area contributed by atoms with Crippen LogP contribution in [0.2, 0.25) is 0 Å². The second-order valence-electron chi connectivity index (χ2n) is 8.24. The van der Waals surface area contributed by atoms with E-state index in [4.69, 9.17) is 5.11 Å². The normalized spacial score (nSPS) is 14.5. The van der Waals surface area contributed by atoms with Gasteiger partial charge in [-0.05, 0) is 30.0 Å². The smallest absolute Gasteiger partial charge is 0.322 e. The highest BCUT2D eigenvalue weighted by atomic mass is 16.4. The molecule has 0 saturated heterocycles. The molecule has 0 fully saturated rings. The molecule has 1 heterocycles. The number of aliphatic carboxylic acids is 1. The van der Waals surface area contributed by atoms with Crippen molar-refractivity contribution in [2.45, 2.75) is 33.2 Å². The maximum absolute atomic E-state index is 13.1. The van der Waals surface area contributed by atoms with Crippen LogP contribution in [0.4, 0.5) is 5.69 Å². The molecule has 1 aromatic carbocycles. The summed E-state index contributed by atoms with van der Waals surface area (Å²) in [7, 11) is 0. The van der Waals surface area contributed by atoms with Crippen LogP contribution in [0.3, 0.4) is 0 Å². The van der Waals surface area contributed by atoms with Gasteiger partial charge in [-0.25, -0.2) is 0 Å². The van der Waals surface area contributed by atoms with Crippen molar-refractivity contribution in [2.75, 3.05) is 11.9 Å². The lowest BCUT2D eigenvalue weighted by atomic mass is 9.75. The molecule has 0 atom stereocenters. The van der Waals surface area contributed by atoms with Crippen molar-refractivity contribution in [3.63, 3.8) is 0 Å². The number of amides is 2. The number of carboxylic acid groups (broad SMARTS) is 1. The molecule has 0 unspecified atom stereocenters. The number of hydrogen-bond donors (Lipinski definition) is 3. The lowest BCUT2D eigenvalue weighted by Crippen LogP contribution is -2.40. The molecular formula is C22H23N3O6. The summed E-state index contributed by atoms with van der Waals surface area (Å²) >= 11 is 0. The molecule has 1 aliphatic carbocycles. The van der Waals surface area contributed by atoms with E-state index in [2.05, 4.69) is 10.6 Å². The van der Waals surface area contributed by atoms with E-state index in [1.165, 1.54) is 6.07 Å². The van der Waals surface area contributed by atoms with Crippen LogP contribution in [0.1, 0.15) is 46.7 Å². The van der Waals surface area contributed by atoms with E-state index in [0.717, 1.165) is 4.57 Å². The van der Waals surface area contributed by atoms with E-state index in [1.54, 1.807) is 30.3 Å². The van der Waals surface area contributed by atoms with Crippen molar-refractivity contribution in [3.05, 3.63) is 63.6 Å². The first-order valence-corrected chi connectivity index (χ1v) is 9.72. The molecule has 2 amide bonds. The van der Waals surface area contributed by atoms with Crippen LogP contribution in [0, 0.1) is 5.41 Å². The average molecular weight is 425 g/mol. The minimum Gasteiger partial charge on any atom is -0.480 e. The van der Waals surface area contributed by atoms with Gasteiger partial charge in [0.2, 0.25) is 5.91 Å². The summed E-state index contributed by atoms with van der Waals surface area (Å²) < 4.78 is 1.14. The summed E-state index contributed by atoms with van der Waals surface area (Å²) in [6.07, 6.45) is 0.637. The molecule has 0 bridgehead atoms. The summed E-state index contributed by atoms with van der Waals surface area (Å²) in [6, 6.07) is 9.63. The number of pyridine rings is 1. The fraction of sp³-hybridized carbons (Fsp3) is 0.318. The largest absolute Gasteiger partial charge is 0.480 e. The van der Waals surface area contributed by atoms with Gasteiger partial charge in [-0.2, -0.15) is 0 Å². The lowest BCUT2D eigenvalue weighted by Gasteiger charge is -2.32. The van der Waals surface area contributed by atoms with Crippen molar-refractivity contribution in [2.24, 2.45) is 5.41 Å². The van der Waals surface area contributed by atoms with Crippen molar-refractivity contribution in [3.8, 4) is 0 Å². The van der Waals surface area contributed by atoms with E-state index in [1.807, 2.05) is 13.8 Å². The van der Waals surface area contributed by atoms with E-state index >= 15 is 0 Å². The molecule has 9 nitrogen and oxygen atoms in total. The standard InChI is InChI=1S/C22H23N3O6/c1-22(2)9-16-14(17(26)10-22)8-15(24-20(30)13-6-4-3-5-7-13)21(31)25(16)12-18(27)23-11-19(28)29/h3-8H,9-12H2,1-2H3,(H,23,27)(H,24,30)(H,28,29). The number of nitrogens with zero attached hydrogens (tertiary/aromatic N) is 1. The molecule has 162 valence electrons. The Morgan fingerprint density at radius 2 is 1.77 bits per heavy atom. The Kier molecular flexibility index (Phi) is 6.05. The van der Waals surface area contributed by atoms with E-state index in [0.29, 0.717) is 17.7 Å². The third kappa shape index (κ3) is 5.06. The first kappa shape index (κ1) is 21.9. The number of fused-ring (bicyclic) bond motifs is 1. The van der Waals surface area contributed by atoms with Crippen molar-refractivity contribution < 1.29 is 24.3 Å². The van der Waals surface area contributed by atoms with Gasteiger partial charge in [-0.15, -0.1) is 0 Å². The predicted octanol–water partition coefficient (Wildman–Crippen LogP) is 1.46. The number of aromatic nitrogens is 1. The third-order valence-electron chi connectivity index (χ3n) is 5.01. The van der Waals surface area contributed by atoms with Crippen molar-refractivity contribution in [1.29, 1.82) is 0 Å². The molecule has 0 aliphatic heterocycles. The quantitative estimate of drug-likeness (QED) is 0.641. The first-order valence-electron chi connectivity index (χ1n) is 9.72. The van der Waals surface area contributed by atoms with Gasteiger partial charge in [0, 0.05) is 23.2 Å². The highest BCUT2D eigenvalue weighted by Crippen LogP contribution is 2.35. The van der Waals surface area contributed by atoms with Crippen LogP contribution in [0.25, 0.3) is 0 Å². The summed E-state index contributed by atoms with van der Waals surface area (Å²) in [4.78, 5) is 61.4. The fourth-order valence-corrected chi connectivity index (χ4v) is 3.59. The molecule has 31 heavy (non-hydrogen) atoms. The van der Waals surface area contributed by atoms with Crippen LogP contribution >= 0.6 is 0 Å². The Labute approximate surface area is 178 Å². The molecule has 1 aromatic heterocycles. The number of carbonyl (C=O) groups excluding carboxylic acids is 3. The SMILES string of the molecule is CC1(C)CC(=O)c2cc(NC(=O)c3ccccc3)c(=O)n(CC(=O)NCC(=O)O)c2C1. The second-order valence-corrected chi connectivity index (χ2v) is 8.24. The zero-order valence-corrected chi connectivity index (χ0v) is 17.2. The molecule has 3 N–H and O–H groups in total. The Bertz CT molecular complexity index is 1120. The van der Waals surface area contributed by atoms with E-state index in [-0.39, 0.29) is 23.5 Å². The van der Waals surface area contributed by atoms with Gasteiger partial charge in [0.05, 0.1) is 0 Å². The van der Waals surface area contributed by atoms with Crippen LogP contribution in [-0.4, -0.2) is 39.8 Å². The number of ketones is 1. The van der Waals surface area contributed by atoms with Crippen molar-refractivity contribution in [1.82, 2.24) is 9.88 Å². The predicted molar refractivity (Wildman–Crippen MR) is 112 cm³/mol. The van der Waals surface area contributed by atoms with E-state index in [9.17, 15) is 24.0 Å². The number of carboxylic acids is 1. The monoisotopic (exact) mass is 425 g/mol. The van der Waals surface area contributed by atoms with Gasteiger partial charge in [0.15, 0.2) is 5.78 Å². The van der Waals surface area contributed by atoms with Crippen molar-refractivity contribution >= 4 is 29.3 Å². The van der Waals surface area contributed by atoms with Crippen LogP contribution < -0.4 is 16.2 Å². The second kappa shape index (κ2) is 8.55. The number of nitrogens with one attached hydrogen (secondary N) is 2. The molecule has 2 aromatic rings.